The standard InChI is InChI=1S/C7H7N3O2/c1-4-5(3-9-11-4)6-2-7(8)12-10-6/h2-3H,8H2,1H3. The third-order valence-electron chi connectivity index (χ3n) is 1.56. The molecule has 0 radical (unpaired) electrons. The van der Waals surface area contributed by atoms with Gasteiger partial charge in [0.15, 0.2) is 0 Å². The number of aryl methyl sites for hydroxylation is 1. The first-order valence-corrected chi connectivity index (χ1v) is 3.41. The average Bonchev–Trinajstić information content (AvgIpc) is 2.58. The van der Waals surface area contributed by atoms with Crippen LogP contribution in [0.15, 0.2) is 21.3 Å². The molecule has 0 atom stereocenters. The van der Waals surface area contributed by atoms with Crippen molar-refractivity contribution >= 4 is 5.88 Å². The molecular formula is C7H7N3O2. The Kier molecular flexibility index (Phi) is 1.36. The van der Waals surface area contributed by atoms with Gasteiger partial charge in [-0.15, -0.1) is 0 Å². The number of nitrogens with two attached hydrogens (primary N) is 1. The Hall–Kier alpha value is -1.78. The Morgan fingerprint density at radius 3 is 2.75 bits per heavy atom. The molecule has 0 bridgehead atoms. The van der Waals surface area contributed by atoms with Gasteiger partial charge in [-0.1, -0.05) is 10.3 Å². The molecule has 0 unspecified atom stereocenters. The lowest BCUT2D eigenvalue weighted by Crippen LogP contribution is -1.76. The highest BCUT2D eigenvalue weighted by atomic mass is 16.5. The molecule has 0 amide bonds. The van der Waals surface area contributed by atoms with Gasteiger partial charge in [0.2, 0.25) is 5.88 Å². The molecule has 0 fully saturated rings. The van der Waals surface area contributed by atoms with E-state index >= 15 is 0 Å². The number of hydrogen-bond donors (Lipinski definition) is 1. The van der Waals surface area contributed by atoms with Gasteiger partial charge in [0.1, 0.15) is 11.5 Å². The summed E-state index contributed by atoms with van der Waals surface area (Å²) in [6.07, 6.45) is 1.58. The van der Waals surface area contributed by atoms with E-state index in [4.69, 9.17) is 14.8 Å². The molecule has 12 heavy (non-hydrogen) atoms. The fourth-order valence-electron chi connectivity index (χ4n) is 0.961. The van der Waals surface area contributed by atoms with Crippen molar-refractivity contribution < 1.29 is 9.05 Å². The number of nitrogen functional groups attached to an aromatic ring is 1. The zero-order valence-corrected chi connectivity index (χ0v) is 6.44. The summed E-state index contributed by atoms with van der Waals surface area (Å²) in [7, 11) is 0. The van der Waals surface area contributed by atoms with Gasteiger partial charge in [-0.25, -0.2) is 0 Å². The minimum absolute atomic E-state index is 0.283. The maximum absolute atomic E-state index is 5.35. The summed E-state index contributed by atoms with van der Waals surface area (Å²) in [5.41, 5.74) is 6.80. The van der Waals surface area contributed by atoms with Crippen LogP contribution >= 0.6 is 0 Å². The monoisotopic (exact) mass is 165 g/mol. The van der Waals surface area contributed by atoms with Crippen LogP contribution in [0.1, 0.15) is 5.76 Å². The maximum atomic E-state index is 5.35. The Morgan fingerprint density at radius 2 is 2.25 bits per heavy atom. The highest BCUT2D eigenvalue weighted by molar-refractivity contribution is 5.61. The SMILES string of the molecule is Cc1oncc1-c1cc(N)on1. The maximum Gasteiger partial charge on any atom is 0.222 e. The molecule has 62 valence electrons. The summed E-state index contributed by atoms with van der Waals surface area (Å²) in [5.74, 6) is 0.980. The summed E-state index contributed by atoms with van der Waals surface area (Å²) in [6.45, 7) is 1.80. The fourth-order valence-corrected chi connectivity index (χ4v) is 0.961. The van der Waals surface area contributed by atoms with Crippen molar-refractivity contribution in [3.05, 3.63) is 18.0 Å². The van der Waals surface area contributed by atoms with Crippen molar-refractivity contribution in [1.82, 2.24) is 10.3 Å². The summed E-state index contributed by atoms with van der Waals surface area (Å²) in [5, 5.41) is 7.33. The Balaban J connectivity index is 2.50. The number of anilines is 1. The zero-order valence-electron chi connectivity index (χ0n) is 6.44. The average molecular weight is 165 g/mol. The molecule has 5 heteroatoms. The van der Waals surface area contributed by atoms with Crippen LogP contribution in [0.5, 0.6) is 0 Å². The van der Waals surface area contributed by atoms with Gasteiger partial charge >= 0.3 is 0 Å². The summed E-state index contributed by atoms with van der Waals surface area (Å²) in [6, 6.07) is 1.62. The first-order valence-electron chi connectivity index (χ1n) is 3.41. The third-order valence-corrected chi connectivity index (χ3v) is 1.56. The lowest BCUT2D eigenvalue weighted by Gasteiger charge is -1.85. The molecule has 0 saturated heterocycles. The minimum Gasteiger partial charge on any atom is -0.368 e. The molecule has 0 aliphatic rings. The molecule has 5 nitrogen and oxygen atoms in total. The van der Waals surface area contributed by atoms with Gasteiger partial charge < -0.3 is 14.8 Å². The van der Waals surface area contributed by atoms with Crippen molar-refractivity contribution in [2.45, 2.75) is 6.92 Å². The van der Waals surface area contributed by atoms with Crippen LogP contribution in [0.3, 0.4) is 0 Å². The van der Waals surface area contributed by atoms with Crippen LogP contribution in [-0.4, -0.2) is 10.3 Å². The van der Waals surface area contributed by atoms with Crippen LogP contribution in [0.2, 0.25) is 0 Å². The van der Waals surface area contributed by atoms with Gasteiger partial charge in [-0.3, -0.25) is 0 Å². The van der Waals surface area contributed by atoms with Crippen LogP contribution in [0, 0.1) is 6.92 Å². The van der Waals surface area contributed by atoms with Crippen molar-refractivity contribution in [3.8, 4) is 11.3 Å². The number of rotatable bonds is 1. The predicted molar refractivity (Wildman–Crippen MR) is 41.1 cm³/mol. The summed E-state index contributed by atoms with van der Waals surface area (Å²) >= 11 is 0. The second-order valence-electron chi connectivity index (χ2n) is 2.41. The van der Waals surface area contributed by atoms with E-state index in [1.165, 1.54) is 0 Å². The van der Waals surface area contributed by atoms with E-state index in [1.807, 2.05) is 0 Å². The van der Waals surface area contributed by atoms with Gasteiger partial charge in [0.25, 0.3) is 0 Å². The quantitative estimate of drug-likeness (QED) is 0.687. The van der Waals surface area contributed by atoms with Gasteiger partial charge in [0.05, 0.1) is 11.8 Å². The largest absolute Gasteiger partial charge is 0.368 e. The highest BCUT2D eigenvalue weighted by Crippen LogP contribution is 2.22. The lowest BCUT2D eigenvalue weighted by atomic mass is 10.2. The third kappa shape index (κ3) is 0.952. The first-order chi connectivity index (χ1) is 5.77. The van der Waals surface area contributed by atoms with Gasteiger partial charge in [-0.2, -0.15) is 0 Å². The molecular weight excluding hydrogens is 158 g/mol. The summed E-state index contributed by atoms with van der Waals surface area (Å²) in [4.78, 5) is 0. The van der Waals surface area contributed by atoms with E-state index in [0.717, 1.165) is 5.56 Å². The molecule has 2 heterocycles. The molecule has 0 spiro atoms. The summed E-state index contributed by atoms with van der Waals surface area (Å²) < 4.78 is 9.56. The van der Waals surface area contributed by atoms with Crippen molar-refractivity contribution in [3.63, 3.8) is 0 Å². The Bertz CT molecular complexity index is 391. The second kappa shape index (κ2) is 2.37. The normalized spacial score (nSPS) is 10.4. The van der Waals surface area contributed by atoms with Crippen LogP contribution < -0.4 is 5.73 Å². The van der Waals surface area contributed by atoms with E-state index in [2.05, 4.69) is 10.3 Å². The molecule has 2 N–H and O–H groups in total. The van der Waals surface area contributed by atoms with E-state index in [9.17, 15) is 0 Å². The van der Waals surface area contributed by atoms with Crippen LogP contribution in [0.4, 0.5) is 5.88 Å². The zero-order chi connectivity index (χ0) is 8.55. The van der Waals surface area contributed by atoms with Crippen molar-refractivity contribution in [2.75, 3.05) is 5.73 Å². The van der Waals surface area contributed by atoms with Gasteiger partial charge in [-0.05, 0) is 6.92 Å². The van der Waals surface area contributed by atoms with Gasteiger partial charge in [0, 0.05) is 6.07 Å². The van der Waals surface area contributed by atoms with Crippen molar-refractivity contribution in [1.29, 1.82) is 0 Å². The predicted octanol–water partition coefficient (Wildman–Crippen LogP) is 1.22. The minimum atomic E-state index is 0.283. The fraction of sp³-hybridized carbons (Fsp3) is 0.143. The molecule has 2 aromatic heterocycles. The Morgan fingerprint density at radius 1 is 1.42 bits per heavy atom. The number of aromatic nitrogens is 2. The molecule has 0 aliphatic carbocycles. The smallest absolute Gasteiger partial charge is 0.222 e. The number of hydrogen-bond acceptors (Lipinski definition) is 5. The Labute approximate surface area is 68.1 Å². The highest BCUT2D eigenvalue weighted by Gasteiger charge is 2.09. The molecule has 2 rings (SSSR count). The molecule has 0 saturated carbocycles. The lowest BCUT2D eigenvalue weighted by molar-refractivity contribution is 0.397. The first kappa shape index (κ1) is 6.90. The van der Waals surface area contributed by atoms with Crippen LogP contribution in [0.25, 0.3) is 11.3 Å². The van der Waals surface area contributed by atoms with E-state index < -0.39 is 0 Å². The van der Waals surface area contributed by atoms with Crippen LogP contribution in [-0.2, 0) is 0 Å². The van der Waals surface area contributed by atoms with E-state index in [1.54, 1.807) is 19.2 Å². The topological polar surface area (TPSA) is 78.1 Å². The molecule has 0 aromatic carbocycles. The van der Waals surface area contributed by atoms with E-state index in [-0.39, 0.29) is 5.88 Å². The van der Waals surface area contributed by atoms with Crippen molar-refractivity contribution in [2.24, 2.45) is 0 Å². The molecule has 2 aromatic rings. The second-order valence-corrected chi connectivity index (χ2v) is 2.41. The molecule has 0 aliphatic heterocycles. The van der Waals surface area contributed by atoms with E-state index in [0.29, 0.717) is 11.5 Å². The number of nitrogens with zero attached hydrogens (tertiary/aromatic N) is 2.